The van der Waals surface area contributed by atoms with Crippen molar-refractivity contribution in [1.82, 2.24) is 4.90 Å². The molecule has 0 amide bonds. The topological polar surface area (TPSA) is 12.5 Å². The van der Waals surface area contributed by atoms with E-state index in [2.05, 4.69) is 15.9 Å². The molecule has 0 spiro atoms. The van der Waals surface area contributed by atoms with Crippen LogP contribution in [0.2, 0.25) is 0 Å². The van der Waals surface area contributed by atoms with Crippen LogP contribution in [0.5, 0.6) is 5.75 Å². The monoisotopic (exact) mass is 293 g/mol. The fourth-order valence-electron chi connectivity index (χ4n) is 0.741. The summed E-state index contributed by atoms with van der Waals surface area (Å²) in [4.78, 5) is 1.63. The minimum Gasteiger partial charge on any atom is -0.430 e. The van der Waals surface area contributed by atoms with Gasteiger partial charge in [-0.3, -0.25) is 0 Å². The molecule has 84 valence electrons. The first kappa shape index (κ1) is 14.3. The Morgan fingerprint density at radius 3 is 2.60 bits per heavy atom. The molecule has 1 aromatic rings. The van der Waals surface area contributed by atoms with Crippen molar-refractivity contribution in [3.63, 3.8) is 0 Å². The quantitative estimate of drug-likeness (QED) is 0.736. The van der Waals surface area contributed by atoms with E-state index in [0.29, 0.717) is 10.2 Å². The summed E-state index contributed by atoms with van der Waals surface area (Å²) in [6.45, 7) is 0. The zero-order valence-corrected chi connectivity index (χ0v) is 10.2. The van der Waals surface area contributed by atoms with Gasteiger partial charge in [-0.2, -0.15) is 0 Å². The molecule has 0 atom stereocenters. The van der Waals surface area contributed by atoms with E-state index in [1.807, 2.05) is 0 Å². The zero-order valence-electron chi connectivity index (χ0n) is 7.75. The van der Waals surface area contributed by atoms with Crippen LogP contribution < -0.4 is 4.74 Å². The average molecular weight is 294 g/mol. The molecule has 0 N–H and O–H groups in total. The molecule has 0 saturated carbocycles. The third kappa shape index (κ3) is 4.13. The Balaban J connectivity index is 0.00000196. The molecule has 0 aliphatic carbocycles. The molecule has 0 heterocycles. The first-order valence-corrected chi connectivity index (χ1v) is 5.05. The van der Waals surface area contributed by atoms with E-state index in [4.69, 9.17) is 17.0 Å². The molecule has 15 heavy (non-hydrogen) atoms. The van der Waals surface area contributed by atoms with Crippen LogP contribution in [0.1, 0.15) is 7.43 Å². The number of nitrogens with zero attached hydrogens (tertiary/aromatic N) is 1. The molecule has 0 fully saturated rings. The van der Waals surface area contributed by atoms with Gasteiger partial charge in [0.15, 0.2) is 0 Å². The number of thiocarbonyl (C=S) groups is 1. The maximum absolute atomic E-state index is 12.8. The Morgan fingerprint density at radius 2 is 2.07 bits per heavy atom. The lowest BCUT2D eigenvalue weighted by molar-refractivity contribution is 0.444. The zero-order chi connectivity index (χ0) is 10.7. The van der Waals surface area contributed by atoms with E-state index >= 15 is 0 Å². The third-order valence-corrected chi connectivity index (χ3v) is 2.56. The largest absolute Gasteiger partial charge is 0.430 e. The predicted molar refractivity (Wildman–Crippen MR) is 67.7 cm³/mol. The molecule has 0 aliphatic heterocycles. The minimum atomic E-state index is -0.357. The second kappa shape index (κ2) is 6.02. The molecule has 1 rings (SSSR count). The van der Waals surface area contributed by atoms with Crippen molar-refractivity contribution in [3.8, 4) is 5.75 Å². The van der Waals surface area contributed by atoms with Crippen LogP contribution in [-0.4, -0.2) is 24.2 Å². The Morgan fingerprint density at radius 1 is 1.47 bits per heavy atom. The molecular formula is C10H13BrFNOS. The maximum atomic E-state index is 12.8. The Kier molecular flexibility index (Phi) is 5.75. The molecule has 5 heteroatoms. The van der Waals surface area contributed by atoms with Gasteiger partial charge in [-0.1, -0.05) is 7.43 Å². The Labute approximate surface area is 103 Å². The van der Waals surface area contributed by atoms with Crippen LogP contribution >= 0.6 is 28.1 Å². The van der Waals surface area contributed by atoms with Crippen LogP contribution in [-0.2, 0) is 0 Å². The van der Waals surface area contributed by atoms with Crippen LogP contribution in [0.25, 0.3) is 0 Å². The van der Waals surface area contributed by atoms with E-state index < -0.39 is 0 Å². The van der Waals surface area contributed by atoms with E-state index in [1.165, 1.54) is 12.1 Å². The van der Waals surface area contributed by atoms with E-state index in [-0.39, 0.29) is 18.4 Å². The molecule has 1 aromatic carbocycles. The second-order valence-electron chi connectivity index (χ2n) is 2.84. The molecule has 0 aromatic heterocycles. The summed E-state index contributed by atoms with van der Waals surface area (Å²) >= 11 is 8.16. The highest BCUT2D eigenvalue weighted by Gasteiger charge is 2.07. The van der Waals surface area contributed by atoms with E-state index in [1.54, 1.807) is 25.1 Å². The Hall–Kier alpha value is -0.680. The van der Waals surface area contributed by atoms with Gasteiger partial charge in [-0.05, 0) is 40.3 Å². The van der Waals surface area contributed by atoms with Crippen LogP contribution in [0.3, 0.4) is 0 Å². The van der Waals surface area contributed by atoms with Crippen LogP contribution in [0, 0.1) is 5.82 Å². The van der Waals surface area contributed by atoms with E-state index in [0.717, 1.165) is 0 Å². The van der Waals surface area contributed by atoms with Crippen molar-refractivity contribution in [3.05, 3.63) is 28.5 Å². The number of halogens is 2. The molecule has 0 radical (unpaired) electrons. The minimum absolute atomic E-state index is 0. The van der Waals surface area contributed by atoms with Crippen molar-refractivity contribution < 1.29 is 9.13 Å². The fourth-order valence-corrected chi connectivity index (χ4v) is 1.16. The van der Waals surface area contributed by atoms with Gasteiger partial charge in [0.25, 0.3) is 5.17 Å². The van der Waals surface area contributed by atoms with Gasteiger partial charge in [-0.25, -0.2) is 4.39 Å². The smallest absolute Gasteiger partial charge is 0.264 e. The van der Waals surface area contributed by atoms with Crippen molar-refractivity contribution in [2.75, 3.05) is 14.1 Å². The highest BCUT2D eigenvalue weighted by atomic mass is 79.9. The van der Waals surface area contributed by atoms with Crippen molar-refractivity contribution in [1.29, 1.82) is 0 Å². The van der Waals surface area contributed by atoms with Gasteiger partial charge in [0.05, 0.1) is 4.47 Å². The lowest BCUT2D eigenvalue weighted by Gasteiger charge is -2.14. The summed E-state index contributed by atoms with van der Waals surface area (Å²) in [6.07, 6.45) is 0. The number of hydrogen-bond donors (Lipinski definition) is 0. The Bertz CT molecular complexity index is 357. The number of hydrogen-bond acceptors (Lipinski definition) is 2. The highest BCUT2D eigenvalue weighted by molar-refractivity contribution is 9.10. The number of benzene rings is 1. The standard InChI is InChI=1S/C9H9BrFNOS.CH4/c1-12(2)9(14)13-8-5-6(11)3-4-7(8)10;/h3-5H,1-2H3;1H4. The molecule has 0 aliphatic rings. The van der Waals surface area contributed by atoms with Gasteiger partial charge >= 0.3 is 0 Å². The van der Waals surface area contributed by atoms with Crippen molar-refractivity contribution >= 4 is 33.3 Å². The summed E-state index contributed by atoms with van der Waals surface area (Å²) in [5, 5.41) is 0.288. The number of ether oxygens (including phenoxy) is 1. The van der Waals surface area contributed by atoms with Gasteiger partial charge in [-0.15, -0.1) is 0 Å². The lowest BCUT2D eigenvalue weighted by Crippen LogP contribution is -2.25. The first-order chi connectivity index (χ1) is 6.50. The molecular weight excluding hydrogens is 281 g/mol. The van der Waals surface area contributed by atoms with Crippen molar-refractivity contribution in [2.24, 2.45) is 0 Å². The highest BCUT2D eigenvalue weighted by Crippen LogP contribution is 2.25. The average Bonchev–Trinajstić information content (AvgIpc) is 2.11. The van der Waals surface area contributed by atoms with Gasteiger partial charge < -0.3 is 9.64 Å². The summed E-state index contributed by atoms with van der Waals surface area (Å²) in [5.74, 6) is 0.0217. The lowest BCUT2D eigenvalue weighted by atomic mass is 10.3. The van der Waals surface area contributed by atoms with Gasteiger partial charge in [0.2, 0.25) is 0 Å². The van der Waals surface area contributed by atoms with Gasteiger partial charge in [0.1, 0.15) is 11.6 Å². The SMILES string of the molecule is C.CN(C)C(=S)Oc1cc(F)ccc1Br. The fraction of sp³-hybridized carbons (Fsp3) is 0.300. The third-order valence-electron chi connectivity index (χ3n) is 1.46. The molecule has 0 unspecified atom stereocenters. The normalized spacial score (nSPS) is 9.07. The van der Waals surface area contributed by atoms with Gasteiger partial charge in [0, 0.05) is 20.2 Å². The van der Waals surface area contributed by atoms with Crippen molar-refractivity contribution in [2.45, 2.75) is 7.43 Å². The first-order valence-electron chi connectivity index (χ1n) is 3.85. The summed E-state index contributed by atoms with van der Waals surface area (Å²) < 4.78 is 18.8. The molecule has 2 nitrogen and oxygen atoms in total. The molecule has 0 bridgehead atoms. The van der Waals surface area contributed by atoms with Crippen LogP contribution in [0.15, 0.2) is 22.7 Å². The van der Waals surface area contributed by atoms with Crippen LogP contribution in [0.4, 0.5) is 4.39 Å². The summed E-state index contributed by atoms with van der Waals surface area (Å²) in [7, 11) is 3.52. The summed E-state index contributed by atoms with van der Waals surface area (Å²) in [5.41, 5.74) is 0. The predicted octanol–water partition coefficient (Wildman–Crippen LogP) is 3.45. The maximum Gasteiger partial charge on any atom is 0.264 e. The molecule has 0 saturated heterocycles. The summed E-state index contributed by atoms with van der Waals surface area (Å²) in [6, 6.07) is 4.19. The van der Waals surface area contributed by atoms with E-state index in [9.17, 15) is 4.39 Å². The number of rotatable bonds is 1. The second-order valence-corrected chi connectivity index (χ2v) is 4.04.